The lowest BCUT2D eigenvalue weighted by molar-refractivity contribution is -0.137. The van der Waals surface area contributed by atoms with Crippen LogP contribution in [0.3, 0.4) is 0 Å². The zero-order valence-corrected chi connectivity index (χ0v) is 11.4. The topological polar surface area (TPSA) is 69.6 Å². The zero-order chi connectivity index (χ0) is 13.3. The number of amides is 2. The number of nitrogens with one attached hydrogen (secondary N) is 1. The highest BCUT2D eigenvalue weighted by atomic mass is 79.9. The van der Waals surface area contributed by atoms with Crippen molar-refractivity contribution in [1.29, 1.82) is 0 Å². The Balaban J connectivity index is 2.16. The van der Waals surface area contributed by atoms with Crippen LogP contribution < -0.4 is 10.2 Å². The van der Waals surface area contributed by atoms with Crippen LogP contribution in [-0.2, 0) is 4.79 Å². The molecule has 2 rings (SSSR count). The number of rotatable bonds is 3. The van der Waals surface area contributed by atoms with Gasteiger partial charge in [-0.3, -0.25) is 9.69 Å². The molecule has 2 amide bonds. The molecule has 1 atom stereocenters. The lowest BCUT2D eigenvalue weighted by Crippen LogP contribution is -2.29. The molecule has 18 heavy (non-hydrogen) atoms. The van der Waals surface area contributed by atoms with Crippen LogP contribution in [0.4, 0.5) is 10.5 Å². The summed E-state index contributed by atoms with van der Waals surface area (Å²) in [5.41, 5.74) is 1.85. The Labute approximate surface area is 113 Å². The number of benzene rings is 1. The highest BCUT2D eigenvalue weighted by Crippen LogP contribution is 2.25. The molecule has 0 aliphatic carbocycles. The second kappa shape index (κ2) is 4.97. The number of halogens is 1. The van der Waals surface area contributed by atoms with Crippen LogP contribution in [0.2, 0.25) is 0 Å². The second-order valence-electron chi connectivity index (χ2n) is 4.29. The smallest absolute Gasteiger partial charge is 0.322 e. The predicted molar refractivity (Wildman–Crippen MR) is 70.8 cm³/mol. The summed E-state index contributed by atoms with van der Waals surface area (Å²) in [6.07, 6.45) is -0.0602. The number of hydrogen-bond donors (Lipinski definition) is 2. The largest absolute Gasteiger partial charge is 0.481 e. The van der Waals surface area contributed by atoms with E-state index in [2.05, 4.69) is 21.2 Å². The second-order valence-corrected chi connectivity index (χ2v) is 5.14. The maximum Gasteiger partial charge on any atom is 0.322 e. The summed E-state index contributed by atoms with van der Waals surface area (Å²) in [6, 6.07) is 5.03. The number of carbonyl (C=O) groups excluding carboxylic acids is 1. The molecule has 96 valence electrons. The van der Waals surface area contributed by atoms with Gasteiger partial charge < -0.3 is 10.4 Å². The van der Waals surface area contributed by atoms with E-state index in [-0.39, 0.29) is 18.5 Å². The van der Waals surface area contributed by atoms with E-state index in [1.54, 1.807) is 4.90 Å². The lowest BCUT2D eigenvalue weighted by Gasteiger charge is -2.15. The number of carboxylic acids is 1. The van der Waals surface area contributed by atoms with Crippen molar-refractivity contribution in [2.45, 2.75) is 19.4 Å². The van der Waals surface area contributed by atoms with Gasteiger partial charge in [0.25, 0.3) is 0 Å². The summed E-state index contributed by atoms with van der Waals surface area (Å²) in [5, 5.41) is 11.4. The molecule has 1 unspecified atom stereocenters. The van der Waals surface area contributed by atoms with Crippen molar-refractivity contribution in [2.75, 3.05) is 11.4 Å². The first-order valence-electron chi connectivity index (χ1n) is 5.53. The SMILES string of the molecule is Cc1ccc(N2CC(CC(=O)O)NC2=O)cc1Br. The van der Waals surface area contributed by atoms with Crippen molar-refractivity contribution in [2.24, 2.45) is 0 Å². The standard InChI is InChI=1S/C12H13BrN2O3/c1-7-2-3-9(5-10(7)13)15-6-8(4-11(16)17)14-12(15)18/h2-3,5,8H,4,6H2,1H3,(H,14,18)(H,16,17). The molecule has 1 heterocycles. The summed E-state index contributed by atoms with van der Waals surface area (Å²) in [5.74, 6) is -0.910. The number of carboxylic acid groups (broad SMARTS) is 1. The third-order valence-corrected chi connectivity index (χ3v) is 3.72. The quantitative estimate of drug-likeness (QED) is 0.898. The molecule has 2 N–H and O–H groups in total. The normalized spacial score (nSPS) is 18.9. The van der Waals surface area contributed by atoms with Crippen molar-refractivity contribution in [3.05, 3.63) is 28.2 Å². The van der Waals surface area contributed by atoms with E-state index >= 15 is 0 Å². The van der Waals surface area contributed by atoms with Crippen molar-refractivity contribution >= 4 is 33.6 Å². The first-order chi connectivity index (χ1) is 8.47. The van der Waals surface area contributed by atoms with E-state index in [4.69, 9.17) is 5.11 Å². The number of carbonyl (C=O) groups is 2. The number of anilines is 1. The highest BCUT2D eigenvalue weighted by molar-refractivity contribution is 9.10. The van der Waals surface area contributed by atoms with Crippen LogP contribution in [0.25, 0.3) is 0 Å². The maximum absolute atomic E-state index is 11.8. The molecule has 1 aromatic rings. The van der Waals surface area contributed by atoms with Crippen molar-refractivity contribution < 1.29 is 14.7 Å². The minimum absolute atomic E-state index is 0.0602. The predicted octanol–water partition coefficient (Wildman–Crippen LogP) is 2.13. The van der Waals surface area contributed by atoms with Gasteiger partial charge in [0.15, 0.2) is 0 Å². The van der Waals surface area contributed by atoms with Crippen molar-refractivity contribution in [1.82, 2.24) is 5.32 Å². The van der Waals surface area contributed by atoms with E-state index in [1.165, 1.54) is 0 Å². The van der Waals surface area contributed by atoms with E-state index in [1.807, 2.05) is 25.1 Å². The fourth-order valence-corrected chi connectivity index (χ4v) is 2.27. The molecule has 0 radical (unpaired) electrons. The number of nitrogens with zero attached hydrogens (tertiary/aromatic N) is 1. The average molecular weight is 313 g/mol. The maximum atomic E-state index is 11.8. The van der Waals surface area contributed by atoms with Crippen LogP contribution in [0.15, 0.2) is 22.7 Å². The fraction of sp³-hybridized carbons (Fsp3) is 0.333. The van der Waals surface area contributed by atoms with E-state index in [0.717, 1.165) is 15.7 Å². The summed E-state index contributed by atoms with van der Waals surface area (Å²) >= 11 is 3.42. The van der Waals surface area contributed by atoms with Crippen molar-refractivity contribution in [3.8, 4) is 0 Å². The molecule has 1 aliphatic heterocycles. The Morgan fingerprint density at radius 2 is 2.33 bits per heavy atom. The van der Waals surface area contributed by atoms with Gasteiger partial charge in [0.05, 0.1) is 12.5 Å². The minimum atomic E-state index is -0.910. The number of hydrogen-bond acceptors (Lipinski definition) is 2. The number of urea groups is 1. The summed E-state index contributed by atoms with van der Waals surface area (Å²) in [6.45, 7) is 2.34. The molecule has 1 fully saturated rings. The fourth-order valence-electron chi connectivity index (χ4n) is 1.90. The molecule has 0 bridgehead atoms. The molecule has 5 nitrogen and oxygen atoms in total. The third-order valence-electron chi connectivity index (χ3n) is 2.86. The van der Waals surface area contributed by atoms with Gasteiger partial charge in [-0.25, -0.2) is 4.79 Å². The highest BCUT2D eigenvalue weighted by Gasteiger charge is 2.31. The van der Waals surface area contributed by atoms with Crippen LogP contribution in [-0.4, -0.2) is 29.7 Å². The Morgan fingerprint density at radius 1 is 1.61 bits per heavy atom. The van der Waals surface area contributed by atoms with E-state index < -0.39 is 5.97 Å². The summed E-state index contributed by atoms with van der Waals surface area (Å²) < 4.78 is 0.925. The number of aryl methyl sites for hydroxylation is 1. The summed E-state index contributed by atoms with van der Waals surface area (Å²) in [4.78, 5) is 23.9. The Bertz CT molecular complexity index is 504. The van der Waals surface area contributed by atoms with Crippen LogP contribution >= 0.6 is 15.9 Å². The molecular weight excluding hydrogens is 300 g/mol. The molecule has 0 aromatic heterocycles. The van der Waals surface area contributed by atoms with E-state index in [9.17, 15) is 9.59 Å². The molecule has 1 aromatic carbocycles. The summed E-state index contributed by atoms with van der Waals surface area (Å²) in [7, 11) is 0. The monoisotopic (exact) mass is 312 g/mol. The number of aliphatic carboxylic acids is 1. The zero-order valence-electron chi connectivity index (χ0n) is 9.81. The van der Waals surface area contributed by atoms with Gasteiger partial charge in [-0.2, -0.15) is 0 Å². The first-order valence-corrected chi connectivity index (χ1v) is 6.32. The van der Waals surface area contributed by atoms with Crippen LogP contribution in [0, 0.1) is 6.92 Å². The molecule has 6 heteroatoms. The van der Waals surface area contributed by atoms with Gasteiger partial charge in [-0.15, -0.1) is 0 Å². The van der Waals surface area contributed by atoms with Crippen LogP contribution in [0.1, 0.15) is 12.0 Å². The van der Waals surface area contributed by atoms with Gasteiger partial charge in [0.1, 0.15) is 0 Å². The molecule has 1 saturated heterocycles. The Hall–Kier alpha value is -1.56. The van der Waals surface area contributed by atoms with Gasteiger partial charge in [-0.1, -0.05) is 22.0 Å². The third kappa shape index (κ3) is 2.64. The molecule has 1 aliphatic rings. The van der Waals surface area contributed by atoms with Gasteiger partial charge in [-0.05, 0) is 24.6 Å². The van der Waals surface area contributed by atoms with Crippen LogP contribution in [0.5, 0.6) is 0 Å². The average Bonchev–Trinajstić information content (AvgIpc) is 2.62. The van der Waals surface area contributed by atoms with Gasteiger partial charge >= 0.3 is 12.0 Å². The Morgan fingerprint density at radius 3 is 2.94 bits per heavy atom. The lowest BCUT2D eigenvalue weighted by atomic mass is 10.2. The van der Waals surface area contributed by atoms with E-state index in [0.29, 0.717) is 6.54 Å². The molecule has 0 spiro atoms. The van der Waals surface area contributed by atoms with Gasteiger partial charge in [0, 0.05) is 16.7 Å². The van der Waals surface area contributed by atoms with Gasteiger partial charge in [0.2, 0.25) is 0 Å². The Kier molecular flexibility index (Phi) is 3.56. The minimum Gasteiger partial charge on any atom is -0.481 e. The van der Waals surface area contributed by atoms with Crippen molar-refractivity contribution in [3.63, 3.8) is 0 Å². The molecule has 0 saturated carbocycles. The first kappa shape index (κ1) is 12.9. The molecular formula is C12H13BrN2O3.